The van der Waals surface area contributed by atoms with Crippen LogP contribution >= 0.6 is 0 Å². The molecule has 2 nitrogen and oxygen atoms in total. The Balaban J connectivity index is 1.83. The van der Waals surface area contributed by atoms with Gasteiger partial charge in [-0.3, -0.25) is 4.99 Å². The third-order valence-corrected chi connectivity index (χ3v) is 5.43. The Morgan fingerprint density at radius 1 is 0.800 bits per heavy atom. The SMILES string of the molecule is Cc1cccc(C)c1OCc1cccc(C=Nc2c(C(C)C)cccc2C(C)C)c1. The first-order valence-corrected chi connectivity index (χ1v) is 10.8. The van der Waals surface area contributed by atoms with Crippen molar-refractivity contribution in [3.8, 4) is 5.75 Å². The maximum Gasteiger partial charge on any atom is 0.125 e. The number of aryl methyl sites for hydroxylation is 2. The molecule has 0 radical (unpaired) electrons. The van der Waals surface area contributed by atoms with Crippen LogP contribution in [-0.2, 0) is 6.61 Å². The molecular formula is C28H33NO. The van der Waals surface area contributed by atoms with Gasteiger partial charge in [0.25, 0.3) is 0 Å². The van der Waals surface area contributed by atoms with Crippen LogP contribution < -0.4 is 4.74 Å². The Kier molecular flexibility index (Phi) is 7.10. The van der Waals surface area contributed by atoms with Crippen LogP contribution in [0.15, 0.2) is 65.7 Å². The minimum atomic E-state index is 0.438. The summed E-state index contributed by atoms with van der Waals surface area (Å²) < 4.78 is 6.13. The van der Waals surface area contributed by atoms with Gasteiger partial charge in [-0.05, 0) is 65.1 Å². The van der Waals surface area contributed by atoms with Crippen molar-refractivity contribution in [1.82, 2.24) is 0 Å². The average Bonchev–Trinajstić information content (AvgIpc) is 2.71. The fourth-order valence-electron chi connectivity index (χ4n) is 3.75. The quantitative estimate of drug-likeness (QED) is 0.370. The molecule has 0 N–H and O–H groups in total. The number of aliphatic imine (C=N–C) groups is 1. The summed E-state index contributed by atoms with van der Waals surface area (Å²) in [5, 5.41) is 0. The molecule has 30 heavy (non-hydrogen) atoms. The third-order valence-electron chi connectivity index (χ3n) is 5.43. The van der Waals surface area contributed by atoms with Crippen LogP contribution in [0.4, 0.5) is 5.69 Å². The first-order chi connectivity index (χ1) is 14.4. The van der Waals surface area contributed by atoms with Crippen molar-refractivity contribution in [3.63, 3.8) is 0 Å². The highest BCUT2D eigenvalue weighted by atomic mass is 16.5. The van der Waals surface area contributed by atoms with Gasteiger partial charge in [-0.1, -0.05) is 82.3 Å². The number of benzene rings is 3. The van der Waals surface area contributed by atoms with E-state index in [-0.39, 0.29) is 0 Å². The van der Waals surface area contributed by atoms with Gasteiger partial charge in [0.2, 0.25) is 0 Å². The second kappa shape index (κ2) is 9.75. The van der Waals surface area contributed by atoms with Gasteiger partial charge < -0.3 is 4.74 Å². The molecule has 0 atom stereocenters. The lowest BCUT2D eigenvalue weighted by atomic mass is 9.93. The number of rotatable bonds is 7. The smallest absolute Gasteiger partial charge is 0.125 e. The van der Waals surface area contributed by atoms with E-state index in [1.165, 1.54) is 22.3 Å². The van der Waals surface area contributed by atoms with Crippen molar-refractivity contribution in [2.75, 3.05) is 0 Å². The number of hydrogen-bond donors (Lipinski definition) is 0. The van der Waals surface area contributed by atoms with Gasteiger partial charge in [0.15, 0.2) is 0 Å². The molecule has 0 fully saturated rings. The number of para-hydroxylation sites is 2. The fourth-order valence-corrected chi connectivity index (χ4v) is 3.75. The van der Waals surface area contributed by atoms with E-state index in [0.29, 0.717) is 18.4 Å². The highest BCUT2D eigenvalue weighted by Crippen LogP contribution is 2.34. The Hall–Kier alpha value is -2.87. The number of hydrogen-bond acceptors (Lipinski definition) is 2. The molecule has 2 heteroatoms. The van der Waals surface area contributed by atoms with Crippen molar-refractivity contribution >= 4 is 11.9 Å². The van der Waals surface area contributed by atoms with Crippen molar-refractivity contribution < 1.29 is 4.74 Å². The van der Waals surface area contributed by atoms with Crippen molar-refractivity contribution in [2.24, 2.45) is 4.99 Å². The lowest BCUT2D eigenvalue weighted by Crippen LogP contribution is -1.99. The van der Waals surface area contributed by atoms with E-state index in [0.717, 1.165) is 22.6 Å². The zero-order chi connectivity index (χ0) is 21.7. The molecule has 3 rings (SSSR count). The molecule has 0 aromatic heterocycles. The topological polar surface area (TPSA) is 21.6 Å². The van der Waals surface area contributed by atoms with Gasteiger partial charge in [0.1, 0.15) is 12.4 Å². The molecule has 0 amide bonds. The third kappa shape index (κ3) is 5.18. The van der Waals surface area contributed by atoms with E-state index in [4.69, 9.17) is 9.73 Å². The predicted octanol–water partition coefficient (Wildman–Crippen LogP) is 7.88. The minimum Gasteiger partial charge on any atom is -0.488 e. The molecule has 0 unspecified atom stereocenters. The van der Waals surface area contributed by atoms with Crippen LogP contribution in [0.3, 0.4) is 0 Å². The summed E-state index contributed by atoms with van der Waals surface area (Å²) in [6, 6.07) is 21.2. The zero-order valence-electron chi connectivity index (χ0n) is 19.1. The predicted molar refractivity (Wildman–Crippen MR) is 129 cm³/mol. The number of ether oxygens (including phenoxy) is 1. The maximum atomic E-state index is 6.13. The first kappa shape index (κ1) is 21.8. The second-order valence-corrected chi connectivity index (χ2v) is 8.61. The van der Waals surface area contributed by atoms with Gasteiger partial charge >= 0.3 is 0 Å². The molecule has 0 aliphatic heterocycles. The first-order valence-electron chi connectivity index (χ1n) is 10.8. The number of nitrogens with zero attached hydrogens (tertiary/aromatic N) is 1. The standard InChI is InChI=1S/C28H33NO/c1-19(2)25-14-9-15-26(20(3)4)27(25)29-17-23-12-8-13-24(16-23)18-30-28-21(5)10-7-11-22(28)6/h7-17,19-20H,18H2,1-6H3. The van der Waals surface area contributed by atoms with Crippen molar-refractivity contribution in [2.45, 2.75) is 60.0 Å². The Bertz CT molecular complexity index is 984. The molecular weight excluding hydrogens is 366 g/mol. The van der Waals surface area contributed by atoms with Gasteiger partial charge in [0.05, 0.1) is 5.69 Å². The van der Waals surface area contributed by atoms with Crippen molar-refractivity contribution in [1.29, 1.82) is 0 Å². The molecule has 0 saturated carbocycles. The summed E-state index contributed by atoms with van der Waals surface area (Å²) in [7, 11) is 0. The van der Waals surface area contributed by atoms with E-state index in [2.05, 4.69) is 102 Å². The van der Waals surface area contributed by atoms with Gasteiger partial charge in [-0.2, -0.15) is 0 Å². The van der Waals surface area contributed by atoms with E-state index in [9.17, 15) is 0 Å². The highest BCUT2D eigenvalue weighted by molar-refractivity contribution is 5.83. The molecule has 0 bridgehead atoms. The lowest BCUT2D eigenvalue weighted by molar-refractivity contribution is 0.302. The van der Waals surface area contributed by atoms with E-state index in [1.54, 1.807) is 0 Å². The van der Waals surface area contributed by atoms with Gasteiger partial charge in [-0.25, -0.2) is 0 Å². The fraction of sp³-hybridized carbons (Fsp3) is 0.321. The molecule has 0 spiro atoms. The molecule has 156 valence electrons. The maximum absolute atomic E-state index is 6.13. The Morgan fingerprint density at radius 2 is 1.37 bits per heavy atom. The monoisotopic (exact) mass is 399 g/mol. The van der Waals surface area contributed by atoms with Crippen LogP contribution in [0.25, 0.3) is 0 Å². The van der Waals surface area contributed by atoms with Crippen LogP contribution in [0.1, 0.15) is 72.9 Å². The van der Waals surface area contributed by atoms with E-state index >= 15 is 0 Å². The molecule has 0 aliphatic rings. The van der Waals surface area contributed by atoms with Crippen LogP contribution in [0.2, 0.25) is 0 Å². The average molecular weight is 400 g/mol. The van der Waals surface area contributed by atoms with Crippen molar-refractivity contribution in [3.05, 3.63) is 94.0 Å². The van der Waals surface area contributed by atoms with Gasteiger partial charge in [-0.15, -0.1) is 0 Å². The summed E-state index contributed by atoms with van der Waals surface area (Å²) in [4.78, 5) is 4.94. The van der Waals surface area contributed by atoms with E-state index < -0.39 is 0 Å². The normalized spacial score (nSPS) is 11.6. The lowest BCUT2D eigenvalue weighted by Gasteiger charge is -2.16. The molecule has 0 heterocycles. The van der Waals surface area contributed by atoms with E-state index in [1.807, 2.05) is 6.21 Å². The van der Waals surface area contributed by atoms with Gasteiger partial charge in [0, 0.05) is 6.21 Å². The Morgan fingerprint density at radius 3 is 1.97 bits per heavy atom. The summed E-state index contributed by atoms with van der Waals surface area (Å²) in [5.74, 6) is 1.85. The Labute approximate surface area is 181 Å². The van der Waals surface area contributed by atoms with Crippen LogP contribution in [0, 0.1) is 13.8 Å². The largest absolute Gasteiger partial charge is 0.488 e. The van der Waals surface area contributed by atoms with Crippen LogP contribution in [0.5, 0.6) is 5.75 Å². The minimum absolute atomic E-state index is 0.438. The molecule has 0 saturated heterocycles. The summed E-state index contributed by atoms with van der Waals surface area (Å²) in [5.41, 5.74) is 8.27. The zero-order valence-corrected chi connectivity index (χ0v) is 19.1. The molecule has 0 aliphatic carbocycles. The van der Waals surface area contributed by atoms with Crippen LogP contribution in [-0.4, -0.2) is 6.21 Å². The second-order valence-electron chi connectivity index (χ2n) is 8.61. The summed E-state index contributed by atoms with van der Waals surface area (Å²) in [6.45, 7) is 13.6. The molecule has 3 aromatic rings. The summed E-state index contributed by atoms with van der Waals surface area (Å²) in [6.07, 6.45) is 1.98. The summed E-state index contributed by atoms with van der Waals surface area (Å²) >= 11 is 0. The molecule has 3 aromatic carbocycles. The highest BCUT2D eigenvalue weighted by Gasteiger charge is 2.12.